The molecular weight excluding hydrogens is 416 g/mol. The third-order valence-electron chi connectivity index (χ3n) is 3.46. The molecule has 0 spiro atoms. The molecule has 0 aliphatic carbocycles. The van der Waals surface area contributed by atoms with Crippen LogP contribution in [0.25, 0.3) is 0 Å². The Morgan fingerprint density at radius 1 is 0.900 bits per heavy atom. The molecule has 11 heteroatoms. The van der Waals surface area contributed by atoms with Crippen molar-refractivity contribution in [3.05, 3.63) is 67.3 Å². The number of ether oxygens (including phenoxy) is 1. The fourth-order valence-electron chi connectivity index (χ4n) is 2.33. The summed E-state index contributed by atoms with van der Waals surface area (Å²) in [5, 5.41) is 20.8. The summed E-state index contributed by atoms with van der Waals surface area (Å²) in [6.45, 7) is 5.85. The minimum absolute atomic E-state index is 0. The van der Waals surface area contributed by atoms with Crippen molar-refractivity contribution in [3.8, 4) is 11.5 Å². The average molecular weight is 445 g/mol. The van der Waals surface area contributed by atoms with Gasteiger partial charge in [0.2, 0.25) is 0 Å². The van der Waals surface area contributed by atoms with E-state index in [1.54, 1.807) is 0 Å². The van der Waals surface area contributed by atoms with Gasteiger partial charge in [0.25, 0.3) is 5.69 Å². The molecular formula is C19H28N2O8S. The van der Waals surface area contributed by atoms with Crippen molar-refractivity contribution in [2.75, 3.05) is 14.2 Å². The van der Waals surface area contributed by atoms with Crippen molar-refractivity contribution in [2.24, 2.45) is 0 Å². The van der Waals surface area contributed by atoms with Crippen LogP contribution in [0.5, 0.6) is 11.5 Å². The first kappa shape index (κ1) is 29.2. The van der Waals surface area contributed by atoms with Crippen molar-refractivity contribution in [1.29, 1.82) is 0 Å². The van der Waals surface area contributed by atoms with Gasteiger partial charge < -0.3 is 8.92 Å². The number of methoxy groups -OCH3 is 1. The van der Waals surface area contributed by atoms with E-state index < -0.39 is 26.9 Å². The fourth-order valence-corrected chi connectivity index (χ4v) is 2.80. The predicted molar refractivity (Wildman–Crippen MR) is 116 cm³/mol. The highest BCUT2D eigenvalue weighted by molar-refractivity contribution is 7.75. The van der Waals surface area contributed by atoms with E-state index in [0.717, 1.165) is 28.8 Å². The Morgan fingerprint density at radius 3 is 1.83 bits per heavy atom. The van der Waals surface area contributed by atoms with Crippen molar-refractivity contribution >= 4 is 22.7 Å². The Balaban J connectivity index is 0. The first-order chi connectivity index (χ1) is 13.1. The van der Waals surface area contributed by atoms with Crippen molar-refractivity contribution in [2.45, 2.75) is 35.6 Å². The van der Waals surface area contributed by atoms with Gasteiger partial charge in [0.1, 0.15) is 5.75 Å². The molecule has 0 saturated heterocycles. The number of hydrogen-bond donors (Lipinski definition) is 0. The zero-order valence-corrected chi connectivity index (χ0v) is 16.8. The van der Waals surface area contributed by atoms with Crippen LogP contribution in [0.3, 0.4) is 0 Å². The second-order valence-corrected chi connectivity index (χ2v) is 6.46. The number of aryl methyl sites for hydroxylation is 3. The molecule has 1 unspecified atom stereocenters. The lowest BCUT2D eigenvalue weighted by molar-refractivity contribution is -0.394. The van der Waals surface area contributed by atoms with Crippen molar-refractivity contribution < 1.29 is 27.2 Å². The highest BCUT2D eigenvalue weighted by atomic mass is 32.2. The van der Waals surface area contributed by atoms with Crippen LogP contribution in [0.1, 0.15) is 31.5 Å². The Bertz CT molecular complexity index is 879. The number of hydrogen-bond acceptors (Lipinski definition) is 8. The van der Waals surface area contributed by atoms with Gasteiger partial charge in [-0.2, -0.15) is 4.21 Å². The Labute approximate surface area is 178 Å². The lowest BCUT2D eigenvalue weighted by atomic mass is 10.1. The van der Waals surface area contributed by atoms with E-state index in [2.05, 4.69) is 8.92 Å². The van der Waals surface area contributed by atoms with Crippen LogP contribution < -0.4 is 8.92 Å². The summed E-state index contributed by atoms with van der Waals surface area (Å²) in [5.41, 5.74) is 2.34. The quantitative estimate of drug-likeness (QED) is 0.449. The third-order valence-corrected chi connectivity index (χ3v) is 4.04. The molecule has 168 valence electrons. The zero-order chi connectivity index (χ0) is 21.4. The van der Waals surface area contributed by atoms with Gasteiger partial charge in [-0.1, -0.05) is 32.5 Å². The van der Waals surface area contributed by atoms with Gasteiger partial charge in [-0.05, 0) is 38.0 Å². The fraction of sp³-hybridized carbons (Fsp3) is 0.368. The summed E-state index contributed by atoms with van der Waals surface area (Å²) < 4.78 is 25.4. The molecule has 0 aliphatic heterocycles. The highest BCUT2D eigenvalue weighted by Gasteiger charge is 2.19. The van der Waals surface area contributed by atoms with Crippen LogP contribution in [-0.2, 0) is 15.5 Å². The minimum atomic E-state index is -1.71. The van der Waals surface area contributed by atoms with Crippen molar-refractivity contribution in [3.63, 3.8) is 0 Å². The molecule has 2 aromatic carbocycles. The van der Waals surface area contributed by atoms with Gasteiger partial charge in [-0.15, -0.1) is 0 Å². The Kier molecular flexibility index (Phi) is 12.9. The van der Waals surface area contributed by atoms with E-state index in [9.17, 15) is 24.4 Å². The first-order valence-corrected chi connectivity index (χ1v) is 8.79. The van der Waals surface area contributed by atoms with Gasteiger partial charge in [-0.25, -0.2) is 0 Å². The topological polar surface area (TPSA) is 131 Å². The van der Waals surface area contributed by atoms with Gasteiger partial charge in [0.15, 0.2) is 5.75 Å². The predicted octanol–water partition coefficient (Wildman–Crippen LogP) is 5.00. The maximum Gasteiger partial charge on any atom is 0.359 e. The van der Waals surface area contributed by atoms with Crippen LogP contribution in [0, 0.1) is 41.0 Å². The SMILES string of the molecule is C.C.COS(=O)Oc1c(C)cc(C)cc1C.COc1ccc([N+](=O)[O-])cc1[N+](=O)[O-]. The standard InChI is InChI=1S/C10H14O3S.C7H6N2O5.2CH4/c1-7-5-8(2)10(9(3)6-7)13-14(11)12-4;1-14-7-3-2-5(8(10)11)4-6(7)9(12)13;;/h5-6H,1-4H3;2-4H,1H3;2*1H4. The largest absolute Gasteiger partial charge is 0.490 e. The number of nitro benzene ring substituents is 2. The molecule has 0 radical (unpaired) electrons. The third kappa shape index (κ3) is 8.13. The Hall–Kier alpha value is -3.05. The van der Waals surface area contributed by atoms with Crippen LogP contribution in [0.2, 0.25) is 0 Å². The van der Waals surface area contributed by atoms with Crippen LogP contribution in [-0.4, -0.2) is 28.3 Å². The second kappa shape index (κ2) is 13.2. The number of benzene rings is 2. The van der Waals surface area contributed by atoms with Gasteiger partial charge >= 0.3 is 17.0 Å². The lowest BCUT2D eigenvalue weighted by Crippen LogP contribution is -2.04. The molecule has 0 heterocycles. The zero-order valence-electron chi connectivity index (χ0n) is 16.0. The van der Waals surface area contributed by atoms with Gasteiger partial charge in [-0.3, -0.25) is 24.4 Å². The highest BCUT2D eigenvalue weighted by Crippen LogP contribution is 2.30. The van der Waals surface area contributed by atoms with Gasteiger partial charge in [0, 0.05) is 6.07 Å². The molecule has 0 saturated carbocycles. The van der Waals surface area contributed by atoms with E-state index in [0.29, 0.717) is 5.75 Å². The molecule has 10 nitrogen and oxygen atoms in total. The maximum atomic E-state index is 11.0. The summed E-state index contributed by atoms with van der Waals surface area (Å²) >= 11 is -1.71. The molecule has 0 N–H and O–H groups in total. The van der Waals surface area contributed by atoms with Crippen LogP contribution >= 0.6 is 0 Å². The molecule has 0 aliphatic rings. The number of non-ortho nitro benzene ring substituents is 1. The van der Waals surface area contributed by atoms with Crippen LogP contribution in [0.4, 0.5) is 11.4 Å². The normalized spacial score (nSPS) is 10.3. The molecule has 0 aromatic heterocycles. The summed E-state index contributed by atoms with van der Waals surface area (Å²) in [7, 11) is 2.60. The molecule has 0 amide bonds. The molecule has 1 atom stereocenters. The first-order valence-electron chi connectivity index (χ1n) is 7.79. The second-order valence-electron chi connectivity index (χ2n) is 5.55. The van der Waals surface area contributed by atoms with Gasteiger partial charge in [0.05, 0.1) is 30.1 Å². The summed E-state index contributed by atoms with van der Waals surface area (Å²) in [6.07, 6.45) is 0. The summed E-state index contributed by atoms with van der Waals surface area (Å²) in [4.78, 5) is 19.3. The van der Waals surface area contributed by atoms with E-state index in [1.807, 2.05) is 32.9 Å². The monoisotopic (exact) mass is 444 g/mol. The molecule has 2 aromatic rings. The molecule has 30 heavy (non-hydrogen) atoms. The maximum absolute atomic E-state index is 11.0. The molecule has 2 rings (SSSR count). The van der Waals surface area contributed by atoms with E-state index in [4.69, 9.17) is 4.18 Å². The van der Waals surface area contributed by atoms with E-state index in [-0.39, 0.29) is 26.3 Å². The average Bonchev–Trinajstić information content (AvgIpc) is 2.64. The van der Waals surface area contributed by atoms with Crippen molar-refractivity contribution in [1.82, 2.24) is 0 Å². The minimum Gasteiger partial charge on any atom is -0.490 e. The summed E-state index contributed by atoms with van der Waals surface area (Å²) in [5.74, 6) is 0.636. The summed E-state index contributed by atoms with van der Waals surface area (Å²) in [6, 6.07) is 7.16. The Morgan fingerprint density at radius 2 is 1.43 bits per heavy atom. The molecule has 0 fully saturated rings. The number of rotatable bonds is 6. The molecule has 0 bridgehead atoms. The van der Waals surface area contributed by atoms with E-state index >= 15 is 0 Å². The number of nitrogens with zero attached hydrogens (tertiary/aromatic N) is 2. The number of nitro groups is 2. The lowest BCUT2D eigenvalue weighted by Gasteiger charge is -2.10. The smallest absolute Gasteiger partial charge is 0.359 e. The van der Waals surface area contributed by atoms with Crippen LogP contribution in [0.15, 0.2) is 30.3 Å². The van der Waals surface area contributed by atoms with E-state index in [1.165, 1.54) is 20.3 Å².